The number of hydrogen-bond acceptors (Lipinski definition) is 5. The highest BCUT2D eigenvalue weighted by atomic mass is 16.5. The van der Waals surface area contributed by atoms with Crippen LogP contribution in [0.1, 0.15) is 26.3 Å². The molecular formula is C16H18N2O4. The number of para-hydroxylation sites is 2. The number of carbonyl (C=O) groups is 2. The molecular weight excluding hydrogens is 284 g/mol. The third-order valence-electron chi connectivity index (χ3n) is 2.92. The predicted octanol–water partition coefficient (Wildman–Crippen LogP) is 2.33. The number of carboxylic acid groups (broad SMARTS) is 1. The zero-order valence-corrected chi connectivity index (χ0v) is 12.4. The van der Waals surface area contributed by atoms with E-state index in [0.717, 1.165) is 5.56 Å². The van der Waals surface area contributed by atoms with Crippen LogP contribution >= 0.6 is 0 Å². The Labute approximate surface area is 128 Å². The van der Waals surface area contributed by atoms with Crippen LogP contribution in [0.15, 0.2) is 42.5 Å². The van der Waals surface area contributed by atoms with E-state index in [9.17, 15) is 9.59 Å². The topological polar surface area (TPSA) is 116 Å². The number of methoxy groups -OCH3 is 1. The lowest BCUT2D eigenvalue weighted by molar-refractivity contribution is 0.0601. The minimum absolute atomic E-state index is 0.171. The molecule has 2 rings (SSSR count). The first-order valence-corrected chi connectivity index (χ1v) is 6.39. The van der Waals surface area contributed by atoms with Crippen LogP contribution in [0, 0.1) is 6.92 Å². The van der Waals surface area contributed by atoms with Crippen molar-refractivity contribution >= 4 is 23.3 Å². The van der Waals surface area contributed by atoms with Crippen molar-refractivity contribution in [3.05, 3.63) is 59.2 Å². The lowest BCUT2D eigenvalue weighted by Crippen LogP contribution is -2.04. The summed E-state index contributed by atoms with van der Waals surface area (Å²) < 4.78 is 4.50. The molecule has 0 spiro atoms. The molecule has 0 aliphatic heterocycles. The average Bonchev–Trinajstić information content (AvgIpc) is 2.50. The summed E-state index contributed by atoms with van der Waals surface area (Å²) in [4.78, 5) is 21.4. The Morgan fingerprint density at radius 3 is 2.09 bits per heavy atom. The number of carboxylic acids is 1. The van der Waals surface area contributed by atoms with Crippen molar-refractivity contribution in [2.24, 2.45) is 0 Å². The second-order valence-corrected chi connectivity index (χ2v) is 4.42. The van der Waals surface area contributed by atoms with Crippen molar-refractivity contribution < 1.29 is 19.4 Å². The fourth-order valence-corrected chi connectivity index (χ4v) is 1.66. The number of ether oxygens (including phenoxy) is 1. The maximum absolute atomic E-state index is 10.9. The highest BCUT2D eigenvalue weighted by Gasteiger charge is 2.07. The summed E-state index contributed by atoms with van der Waals surface area (Å²) in [5, 5.41) is 8.61. The summed E-state index contributed by atoms with van der Waals surface area (Å²) in [7, 11) is 1.33. The van der Waals surface area contributed by atoms with Gasteiger partial charge in [-0.05, 0) is 30.7 Å². The second kappa shape index (κ2) is 7.68. The molecule has 0 atom stereocenters. The van der Waals surface area contributed by atoms with Gasteiger partial charge in [0.15, 0.2) is 0 Å². The van der Waals surface area contributed by atoms with Crippen molar-refractivity contribution in [2.45, 2.75) is 6.92 Å². The molecule has 0 unspecified atom stereocenters. The lowest BCUT2D eigenvalue weighted by Gasteiger charge is -2.02. The highest BCUT2D eigenvalue weighted by Crippen LogP contribution is 2.15. The Bertz CT molecular complexity index is 684. The van der Waals surface area contributed by atoms with Gasteiger partial charge in [-0.2, -0.15) is 0 Å². The lowest BCUT2D eigenvalue weighted by atomic mass is 10.1. The van der Waals surface area contributed by atoms with Gasteiger partial charge in [0.1, 0.15) is 0 Å². The maximum atomic E-state index is 10.9. The van der Waals surface area contributed by atoms with Crippen LogP contribution in [0.2, 0.25) is 0 Å². The van der Waals surface area contributed by atoms with Gasteiger partial charge in [0, 0.05) is 11.4 Å². The van der Waals surface area contributed by atoms with E-state index in [2.05, 4.69) is 4.74 Å². The van der Waals surface area contributed by atoms with E-state index in [0.29, 0.717) is 16.9 Å². The SMILES string of the molecule is COC(=O)c1ccccc1N.Cc1cccc(C(=O)O)c1N. The smallest absolute Gasteiger partial charge is 0.339 e. The van der Waals surface area contributed by atoms with Gasteiger partial charge >= 0.3 is 11.9 Å². The van der Waals surface area contributed by atoms with Crippen molar-refractivity contribution in [2.75, 3.05) is 18.6 Å². The highest BCUT2D eigenvalue weighted by molar-refractivity contribution is 5.95. The standard InChI is InChI=1S/2C8H9NO2/c1-11-8(10)6-4-2-3-5-7(6)9;1-5-3-2-4-6(7(5)9)8(10)11/h2-5H,9H2,1H3;2-4H,9H2,1H3,(H,10,11). The summed E-state index contributed by atoms with van der Waals surface area (Å²) in [6.45, 7) is 1.78. The molecule has 0 aromatic heterocycles. The van der Waals surface area contributed by atoms with Crippen LogP contribution in [0.25, 0.3) is 0 Å². The molecule has 0 bridgehead atoms. The first-order chi connectivity index (χ1) is 10.4. The van der Waals surface area contributed by atoms with Crippen molar-refractivity contribution in [1.29, 1.82) is 0 Å². The van der Waals surface area contributed by atoms with Crippen LogP contribution in [0.5, 0.6) is 0 Å². The number of nitrogens with two attached hydrogens (primary N) is 2. The number of benzene rings is 2. The number of anilines is 2. The molecule has 0 saturated carbocycles. The first-order valence-electron chi connectivity index (χ1n) is 6.39. The largest absolute Gasteiger partial charge is 0.478 e. The average molecular weight is 302 g/mol. The molecule has 6 nitrogen and oxygen atoms in total. The molecule has 2 aromatic rings. The van der Waals surface area contributed by atoms with Gasteiger partial charge in [0.05, 0.1) is 18.2 Å². The van der Waals surface area contributed by atoms with Crippen LogP contribution in [-0.2, 0) is 4.74 Å². The van der Waals surface area contributed by atoms with E-state index in [4.69, 9.17) is 16.6 Å². The summed E-state index contributed by atoms with van der Waals surface area (Å²) in [5.41, 5.74) is 13.2. The van der Waals surface area contributed by atoms with E-state index in [-0.39, 0.29) is 5.56 Å². The third kappa shape index (κ3) is 4.24. The number of carbonyl (C=O) groups excluding carboxylic acids is 1. The number of aromatic carboxylic acids is 1. The van der Waals surface area contributed by atoms with Gasteiger partial charge in [0.2, 0.25) is 0 Å². The third-order valence-corrected chi connectivity index (χ3v) is 2.92. The van der Waals surface area contributed by atoms with Gasteiger partial charge in [-0.25, -0.2) is 9.59 Å². The fourth-order valence-electron chi connectivity index (χ4n) is 1.66. The molecule has 0 aliphatic carbocycles. The Morgan fingerprint density at radius 2 is 1.59 bits per heavy atom. The Balaban J connectivity index is 0.000000220. The molecule has 0 saturated heterocycles. The maximum Gasteiger partial charge on any atom is 0.339 e. The predicted molar refractivity (Wildman–Crippen MR) is 84.7 cm³/mol. The molecule has 22 heavy (non-hydrogen) atoms. The summed E-state index contributed by atoms with van der Waals surface area (Å²) in [6, 6.07) is 11.7. The zero-order valence-electron chi connectivity index (χ0n) is 12.4. The summed E-state index contributed by atoms with van der Waals surface area (Å²) in [5.74, 6) is -1.38. The number of esters is 1. The van der Waals surface area contributed by atoms with E-state index in [1.807, 2.05) is 0 Å². The molecule has 0 heterocycles. The Morgan fingerprint density at radius 1 is 1.00 bits per heavy atom. The number of rotatable bonds is 2. The molecule has 0 aliphatic rings. The summed E-state index contributed by atoms with van der Waals surface area (Å²) in [6.07, 6.45) is 0. The van der Waals surface area contributed by atoms with Gasteiger partial charge in [-0.1, -0.05) is 24.3 Å². The minimum atomic E-state index is -0.980. The molecule has 0 amide bonds. The van der Waals surface area contributed by atoms with Gasteiger partial charge in [-0.15, -0.1) is 0 Å². The van der Waals surface area contributed by atoms with Crippen molar-refractivity contribution in [3.8, 4) is 0 Å². The molecule has 0 radical (unpaired) electrons. The van der Waals surface area contributed by atoms with Crippen molar-refractivity contribution in [1.82, 2.24) is 0 Å². The van der Waals surface area contributed by atoms with E-state index < -0.39 is 11.9 Å². The van der Waals surface area contributed by atoms with Crippen LogP contribution in [-0.4, -0.2) is 24.2 Å². The first kappa shape index (κ1) is 17.0. The Hall–Kier alpha value is -3.02. The normalized spacial score (nSPS) is 9.36. The molecule has 2 aromatic carbocycles. The number of hydrogen-bond donors (Lipinski definition) is 3. The molecule has 6 heteroatoms. The van der Waals surface area contributed by atoms with Crippen molar-refractivity contribution in [3.63, 3.8) is 0 Å². The van der Waals surface area contributed by atoms with E-state index in [1.54, 1.807) is 43.3 Å². The monoisotopic (exact) mass is 302 g/mol. The molecule has 5 N–H and O–H groups in total. The summed E-state index contributed by atoms with van der Waals surface area (Å²) >= 11 is 0. The van der Waals surface area contributed by atoms with Crippen LogP contribution < -0.4 is 11.5 Å². The van der Waals surface area contributed by atoms with Gasteiger partial charge < -0.3 is 21.3 Å². The van der Waals surface area contributed by atoms with Gasteiger partial charge in [0.25, 0.3) is 0 Å². The van der Waals surface area contributed by atoms with E-state index in [1.165, 1.54) is 13.2 Å². The van der Waals surface area contributed by atoms with Gasteiger partial charge in [-0.3, -0.25) is 0 Å². The van der Waals surface area contributed by atoms with Crippen LogP contribution in [0.3, 0.4) is 0 Å². The molecule has 0 fully saturated rings. The minimum Gasteiger partial charge on any atom is -0.478 e. The Kier molecular flexibility index (Phi) is 5.95. The zero-order chi connectivity index (χ0) is 16.7. The molecule has 116 valence electrons. The van der Waals surface area contributed by atoms with E-state index >= 15 is 0 Å². The number of nitrogen functional groups attached to an aromatic ring is 2. The number of aryl methyl sites for hydroxylation is 1. The van der Waals surface area contributed by atoms with Crippen LogP contribution in [0.4, 0.5) is 11.4 Å². The fraction of sp³-hybridized carbons (Fsp3) is 0.125. The second-order valence-electron chi connectivity index (χ2n) is 4.42. The quantitative estimate of drug-likeness (QED) is 0.579.